The van der Waals surface area contributed by atoms with Crippen LogP contribution in [0.2, 0.25) is 0 Å². The summed E-state index contributed by atoms with van der Waals surface area (Å²) in [6, 6.07) is 7.87. The van der Waals surface area contributed by atoms with Crippen LogP contribution in [0.1, 0.15) is 18.4 Å². The molecule has 0 unspecified atom stereocenters. The minimum absolute atomic E-state index is 0.0603. The first-order valence-corrected chi connectivity index (χ1v) is 8.39. The molecule has 0 saturated carbocycles. The molecule has 0 spiro atoms. The Kier molecular flexibility index (Phi) is 4.82. The van der Waals surface area contributed by atoms with Gasteiger partial charge in [0.2, 0.25) is 0 Å². The van der Waals surface area contributed by atoms with E-state index in [-0.39, 0.29) is 17.6 Å². The summed E-state index contributed by atoms with van der Waals surface area (Å²) in [6.45, 7) is 3.02. The zero-order chi connectivity index (χ0) is 13.7. The standard InChI is InChI=1S/C14H20O4S/c1-12-2-4-13(5-3-12)17-8-9-18-14-6-10-19(15,16)11-7-14/h2-5,14H,6-11H2,1H3. The molecular formula is C14H20O4S. The molecule has 1 aliphatic rings. The minimum Gasteiger partial charge on any atom is -0.491 e. The number of ether oxygens (including phenoxy) is 2. The Balaban J connectivity index is 1.63. The lowest BCUT2D eigenvalue weighted by atomic mass is 10.2. The highest BCUT2D eigenvalue weighted by Crippen LogP contribution is 2.15. The molecule has 0 radical (unpaired) electrons. The highest BCUT2D eigenvalue weighted by Gasteiger charge is 2.23. The van der Waals surface area contributed by atoms with E-state index in [2.05, 4.69) is 0 Å². The number of hydrogen-bond donors (Lipinski definition) is 0. The van der Waals surface area contributed by atoms with Gasteiger partial charge in [0.1, 0.15) is 12.4 Å². The zero-order valence-electron chi connectivity index (χ0n) is 11.2. The van der Waals surface area contributed by atoms with E-state index in [0.29, 0.717) is 26.1 Å². The van der Waals surface area contributed by atoms with E-state index in [1.54, 1.807) is 0 Å². The van der Waals surface area contributed by atoms with Gasteiger partial charge in [-0.05, 0) is 31.9 Å². The van der Waals surface area contributed by atoms with Crippen molar-refractivity contribution >= 4 is 9.84 Å². The predicted octanol–water partition coefficient (Wildman–Crippen LogP) is 1.97. The van der Waals surface area contributed by atoms with Gasteiger partial charge in [-0.1, -0.05) is 17.7 Å². The normalized spacial score (nSPS) is 19.2. The van der Waals surface area contributed by atoms with Crippen molar-refractivity contribution in [3.63, 3.8) is 0 Å². The zero-order valence-corrected chi connectivity index (χ0v) is 12.0. The third-order valence-electron chi connectivity index (χ3n) is 3.23. The first-order valence-electron chi connectivity index (χ1n) is 6.57. The van der Waals surface area contributed by atoms with Crippen LogP contribution in [0, 0.1) is 6.92 Å². The van der Waals surface area contributed by atoms with E-state index in [9.17, 15) is 8.42 Å². The Morgan fingerprint density at radius 2 is 1.74 bits per heavy atom. The van der Waals surface area contributed by atoms with E-state index >= 15 is 0 Å². The molecule has 0 aromatic heterocycles. The van der Waals surface area contributed by atoms with Gasteiger partial charge >= 0.3 is 0 Å². The predicted molar refractivity (Wildman–Crippen MR) is 74.3 cm³/mol. The number of aryl methyl sites for hydroxylation is 1. The van der Waals surface area contributed by atoms with E-state index in [4.69, 9.17) is 9.47 Å². The maximum absolute atomic E-state index is 11.3. The molecule has 2 rings (SSSR count). The molecule has 1 fully saturated rings. The molecule has 1 heterocycles. The van der Waals surface area contributed by atoms with Crippen LogP contribution in [-0.2, 0) is 14.6 Å². The summed E-state index contributed by atoms with van der Waals surface area (Å²) in [5.74, 6) is 1.33. The number of benzene rings is 1. The monoisotopic (exact) mass is 284 g/mol. The SMILES string of the molecule is Cc1ccc(OCCOC2CCS(=O)(=O)CC2)cc1. The molecule has 0 atom stereocenters. The van der Waals surface area contributed by atoms with Gasteiger partial charge in [-0.25, -0.2) is 8.42 Å². The lowest BCUT2D eigenvalue weighted by Gasteiger charge is -2.22. The van der Waals surface area contributed by atoms with Crippen LogP contribution in [0.4, 0.5) is 0 Å². The average Bonchev–Trinajstić information content (AvgIpc) is 2.38. The Morgan fingerprint density at radius 3 is 2.37 bits per heavy atom. The summed E-state index contributed by atoms with van der Waals surface area (Å²) in [4.78, 5) is 0. The third kappa shape index (κ3) is 4.84. The maximum Gasteiger partial charge on any atom is 0.150 e. The van der Waals surface area contributed by atoms with Gasteiger partial charge in [0, 0.05) is 0 Å². The van der Waals surface area contributed by atoms with Crippen molar-refractivity contribution in [1.82, 2.24) is 0 Å². The average molecular weight is 284 g/mol. The fourth-order valence-electron chi connectivity index (χ4n) is 2.04. The van der Waals surface area contributed by atoms with E-state index < -0.39 is 9.84 Å². The van der Waals surface area contributed by atoms with Crippen molar-refractivity contribution in [1.29, 1.82) is 0 Å². The molecule has 1 aliphatic heterocycles. The highest BCUT2D eigenvalue weighted by atomic mass is 32.2. The molecule has 19 heavy (non-hydrogen) atoms. The minimum atomic E-state index is -2.80. The Bertz CT molecular complexity index is 479. The lowest BCUT2D eigenvalue weighted by molar-refractivity contribution is 0.0285. The van der Waals surface area contributed by atoms with E-state index in [1.807, 2.05) is 31.2 Å². The van der Waals surface area contributed by atoms with Crippen molar-refractivity contribution in [2.24, 2.45) is 0 Å². The molecule has 4 nitrogen and oxygen atoms in total. The van der Waals surface area contributed by atoms with E-state index in [0.717, 1.165) is 5.75 Å². The number of hydrogen-bond acceptors (Lipinski definition) is 4. The first-order chi connectivity index (χ1) is 9.05. The van der Waals surface area contributed by atoms with Crippen LogP contribution in [0.15, 0.2) is 24.3 Å². The molecule has 1 aromatic rings. The first kappa shape index (κ1) is 14.3. The quantitative estimate of drug-likeness (QED) is 0.776. The van der Waals surface area contributed by atoms with Gasteiger partial charge in [0.25, 0.3) is 0 Å². The third-order valence-corrected chi connectivity index (χ3v) is 4.94. The molecule has 5 heteroatoms. The van der Waals surface area contributed by atoms with Crippen LogP contribution in [-0.4, -0.2) is 39.2 Å². The van der Waals surface area contributed by atoms with Gasteiger partial charge in [0.05, 0.1) is 24.2 Å². The molecule has 106 valence electrons. The van der Waals surface area contributed by atoms with Crippen LogP contribution < -0.4 is 4.74 Å². The Morgan fingerprint density at radius 1 is 1.11 bits per heavy atom. The molecule has 1 aromatic carbocycles. The van der Waals surface area contributed by atoms with Crippen molar-refractivity contribution in [2.75, 3.05) is 24.7 Å². The maximum atomic E-state index is 11.3. The topological polar surface area (TPSA) is 52.6 Å². The van der Waals surface area contributed by atoms with Gasteiger partial charge in [0.15, 0.2) is 9.84 Å². The fraction of sp³-hybridized carbons (Fsp3) is 0.571. The van der Waals surface area contributed by atoms with Gasteiger partial charge < -0.3 is 9.47 Å². The van der Waals surface area contributed by atoms with Crippen LogP contribution >= 0.6 is 0 Å². The molecule has 0 bridgehead atoms. The van der Waals surface area contributed by atoms with Crippen LogP contribution in [0.25, 0.3) is 0 Å². The second-order valence-electron chi connectivity index (χ2n) is 4.88. The second kappa shape index (κ2) is 6.39. The summed E-state index contributed by atoms with van der Waals surface area (Å²) in [5.41, 5.74) is 1.20. The van der Waals surface area contributed by atoms with Crippen molar-refractivity contribution in [2.45, 2.75) is 25.9 Å². The van der Waals surface area contributed by atoms with Crippen molar-refractivity contribution < 1.29 is 17.9 Å². The summed E-state index contributed by atoms with van der Waals surface area (Å²) in [6.07, 6.45) is 1.27. The number of rotatable bonds is 5. The smallest absolute Gasteiger partial charge is 0.150 e. The summed E-state index contributed by atoms with van der Waals surface area (Å²) in [7, 11) is -2.80. The fourth-order valence-corrected chi connectivity index (χ4v) is 3.49. The summed E-state index contributed by atoms with van der Waals surface area (Å²) in [5, 5.41) is 0. The summed E-state index contributed by atoms with van der Waals surface area (Å²) >= 11 is 0. The second-order valence-corrected chi connectivity index (χ2v) is 7.19. The van der Waals surface area contributed by atoms with Crippen molar-refractivity contribution in [3.8, 4) is 5.75 Å². The van der Waals surface area contributed by atoms with Gasteiger partial charge in [-0.15, -0.1) is 0 Å². The lowest BCUT2D eigenvalue weighted by Crippen LogP contribution is -2.29. The van der Waals surface area contributed by atoms with Crippen LogP contribution in [0.3, 0.4) is 0 Å². The highest BCUT2D eigenvalue weighted by molar-refractivity contribution is 7.91. The molecule has 1 saturated heterocycles. The Hall–Kier alpha value is -1.07. The molecule has 0 N–H and O–H groups in total. The summed E-state index contributed by atoms with van der Waals surface area (Å²) < 4.78 is 33.7. The molecule has 0 amide bonds. The Labute approximate surface area is 114 Å². The molecule has 0 aliphatic carbocycles. The van der Waals surface area contributed by atoms with E-state index in [1.165, 1.54) is 5.56 Å². The van der Waals surface area contributed by atoms with Gasteiger partial charge in [-0.2, -0.15) is 0 Å². The van der Waals surface area contributed by atoms with Gasteiger partial charge in [-0.3, -0.25) is 0 Å². The molecular weight excluding hydrogens is 264 g/mol. The van der Waals surface area contributed by atoms with Crippen LogP contribution in [0.5, 0.6) is 5.75 Å². The van der Waals surface area contributed by atoms with Crippen molar-refractivity contribution in [3.05, 3.63) is 29.8 Å². The largest absolute Gasteiger partial charge is 0.491 e. The number of sulfone groups is 1.